The summed E-state index contributed by atoms with van der Waals surface area (Å²) in [6.07, 6.45) is 1.82. The Bertz CT molecular complexity index is 741. The first-order valence-electron chi connectivity index (χ1n) is 8.18. The number of nitrogens with zero attached hydrogens (tertiary/aromatic N) is 2. The van der Waals surface area contributed by atoms with Gasteiger partial charge >= 0.3 is 0 Å². The molecule has 1 spiro atoms. The zero-order valence-corrected chi connectivity index (χ0v) is 13.5. The summed E-state index contributed by atoms with van der Waals surface area (Å²) in [7, 11) is 0. The molecule has 2 fully saturated rings. The van der Waals surface area contributed by atoms with Gasteiger partial charge in [0.2, 0.25) is 0 Å². The second-order valence-electron chi connectivity index (χ2n) is 6.58. The molecule has 122 valence electrons. The summed E-state index contributed by atoms with van der Waals surface area (Å²) >= 11 is 0. The maximum absolute atomic E-state index is 13.7. The van der Waals surface area contributed by atoms with E-state index in [1.807, 2.05) is 19.9 Å². The van der Waals surface area contributed by atoms with E-state index in [4.69, 9.17) is 9.47 Å². The molecule has 2 aliphatic heterocycles. The predicted octanol–water partition coefficient (Wildman–Crippen LogP) is 3.41. The van der Waals surface area contributed by atoms with E-state index in [1.54, 1.807) is 12.1 Å². The summed E-state index contributed by atoms with van der Waals surface area (Å²) < 4.78 is 25.6. The number of hydrogen-bond acceptors (Lipinski definition) is 4. The number of halogens is 1. The van der Waals surface area contributed by atoms with Crippen molar-refractivity contribution in [2.45, 2.75) is 38.6 Å². The highest BCUT2D eigenvalue weighted by Crippen LogP contribution is 2.37. The third-order valence-corrected chi connectivity index (χ3v) is 4.74. The Kier molecular flexibility index (Phi) is 3.50. The van der Waals surface area contributed by atoms with E-state index in [0.717, 1.165) is 48.2 Å². The summed E-state index contributed by atoms with van der Waals surface area (Å²) in [6, 6.07) is 6.83. The molecule has 3 heterocycles. The molecule has 0 aliphatic carbocycles. The van der Waals surface area contributed by atoms with Crippen molar-refractivity contribution in [3.8, 4) is 0 Å². The molecule has 2 aliphatic rings. The van der Waals surface area contributed by atoms with Gasteiger partial charge in [-0.25, -0.2) is 4.39 Å². The van der Waals surface area contributed by atoms with Crippen molar-refractivity contribution in [3.05, 3.63) is 35.8 Å². The lowest BCUT2D eigenvalue weighted by atomic mass is 10.0. The quantitative estimate of drug-likeness (QED) is 0.807. The third-order valence-electron chi connectivity index (χ3n) is 4.74. The number of piperidine rings is 1. The van der Waals surface area contributed by atoms with Crippen LogP contribution in [0.15, 0.2) is 24.3 Å². The van der Waals surface area contributed by atoms with Gasteiger partial charge in [0, 0.05) is 42.7 Å². The lowest BCUT2D eigenvalue weighted by molar-refractivity contribution is -0.178. The van der Waals surface area contributed by atoms with Gasteiger partial charge in [0.05, 0.1) is 18.2 Å². The van der Waals surface area contributed by atoms with Crippen molar-refractivity contribution in [3.63, 3.8) is 0 Å². The minimum atomic E-state index is -0.418. The smallest absolute Gasteiger partial charge is 0.172 e. The van der Waals surface area contributed by atoms with Gasteiger partial charge in [-0.2, -0.15) is 0 Å². The number of fused-ring (bicyclic) bond motifs is 1. The Balaban J connectivity index is 1.64. The minimum absolute atomic E-state index is 0.166. The van der Waals surface area contributed by atoms with Gasteiger partial charge in [-0.3, -0.25) is 4.98 Å². The van der Waals surface area contributed by atoms with Crippen LogP contribution in [0.25, 0.3) is 10.9 Å². The molecule has 1 unspecified atom stereocenters. The van der Waals surface area contributed by atoms with Gasteiger partial charge in [-0.05, 0) is 38.1 Å². The predicted molar refractivity (Wildman–Crippen MR) is 87.1 cm³/mol. The van der Waals surface area contributed by atoms with Gasteiger partial charge in [-0.1, -0.05) is 0 Å². The van der Waals surface area contributed by atoms with Crippen molar-refractivity contribution in [1.29, 1.82) is 0 Å². The van der Waals surface area contributed by atoms with Crippen LogP contribution in [0.3, 0.4) is 0 Å². The standard InChI is InChI=1S/C18H21FN2O2/c1-12-9-17(15-10-14(19)3-4-16(15)20-12)21-7-5-18(6-8-21)22-11-13(2)23-18/h3-4,9-10,13H,5-8,11H2,1-2H3. The molecule has 4 nitrogen and oxygen atoms in total. The number of pyridine rings is 1. The molecule has 2 saturated heterocycles. The van der Waals surface area contributed by atoms with Crippen LogP contribution in [-0.4, -0.2) is 36.6 Å². The van der Waals surface area contributed by atoms with E-state index < -0.39 is 5.79 Å². The van der Waals surface area contributed by atoms with Crippen molar-refractivity contribution in [1.82, 2.24) is 4.98 Å². The van der Waals surface area contributed by atoms with E-state index in [1.165, 1.54) is 6.07 Å². The molecule has 1 aromatic heterocycles. The van der Waals surface area contributed by atoms with Crippen molar-refractivity contribution < 1.29 is 13.9 Å². The Morgan fingerprint density at radius 3 is 2.74 bits per heavy atom. The molecular weight excluding hydrogens is 295 g/mol. The third kappa shape index (κ3) is 2.68. The Morgan fingerprint density at radius 1 is 1.26 bits per heavy atom. The SMILES string of the molecule is Cc1cc(N2CCC3(CC2)OCC(C)O3)c2cc(F)ccc2n1. The maximum atomic E-state index is 13.7. The number of aromatic nitrogens is 1. The topological polar surface area (TPSA) is 34.6 Å². The highest BCUT2D eigenvalue weighted by molar-refractivity contribution is 5.92. The first kappa shape index (κ1) is 14.8. The average Bonchev–Trinajstić information content (AvgIpc) is 2.89. The van der Waals surface area contributed by atoms with Crippen LogP contribution in [0, 0.1) is 12.7 Å². The zero-order chi connectivity index (χ0) is 16.0. The van der Waals surface area contributed by atoms with Crippen LogP contribution < -0.4 is 4.90 Å². The van der Waals surface area contributed by atoms with Crippen LogP contribution in [0.4, 0.5) is 10.1 Å². The normalized spacial score (nSPS) is 23.8. The van der Waals surface area contributed by atoms with E-state index in [9.17, 15) is 4.39 Å². The molecule has 1 atom stereocenters. The summed E-state index contributed by atoms with van der Waals surface area (Å²) in [5, 5.41) is 0.869. The van der Waals surface area contributed by atoms with E-state index in [2.05, 4.69) is 9.88 Å². The Labute approximate surface area is 135 Å². The molecule has 4 rings (SSSR count). The molecule has 0 saturated carbocycles. The average molecular weight is 316 g/mol. The lowest BCUT2D eigenvalue weighted by Gasteiger charge is -2.39. The zero-order valence-electron chi connectivity index (χ0n) is 13.5. The van der Waals surface area contributed by atoms with Gasteiger partial charge in [0.15, 0.2) is 5.79 Å². The molecule has 0 radical (unpaired) electrons. The largest absolute Gasteiger partial charge is 0.371 e. The molecule has 1 aromatic carbocycles. The molecule has 0 bridgehead atoms. The fraction of sp³-hybridized carbons (Fsp3) is 0.500. The van der Waals surface area contributed by atoms with Gasteiger partial charge in [0.25, 0.3) is 0 Å². The number of aryl methyl sites for hydroxylation is 1. The summed E-state index contributed by atoms with van der Waals surface area (Å²) in [6.45, 7) is 6.36. The molecule has 0 N–H and O–H groups in total. The summed E-state index contributed by atoms with van der Waals surface area (Å²) in [4.78, 5) is 6.80. The maximum Gasteiger partial charge on any atom is 0.172 e. The van der Waals surface area contributed by atoms with Gasteiger partial charge in [-0.15, -0.1) is 0 Å². The van der Waals surface area contributed by atoms with Crippen LogP contribution in [0.2, 0.25) is 0 Å². The summed E-state index contributed by atoms with van der Waals surface area (Å²) in [5.74, 6) is -0.645. The Hall–Kier alpha value is -1.72. The monoisotopic (exact) mass is 316 g/mol. The minimum Gasteiger partial charge on any atom is -0.371 e. The first-order chi connectivity index (χ1) is 11.0. The molecule has 0 amide bonds. The second-order valence-corrected chi connectivity index (χ2v) is 6.58. The fourth-order valence-corrected chi connectivity index (χ4v) is 3.62. The van der Waals surface area contributed by atoms with Gasteiger partial charge in [0.1, 0.15) is 5.82 Å². The number of benzene rings is 1. The van der Waals surface area contributed by atoms with Crippen LogP contribution in [0.1, 0.15) is 25.5 Å². The van der Waals surface area contributed by atoms with E-state index >= 15 is 0 Å². The number of rotatable bonds is 1. The van der Waals surface area contributed by atoms with Gasteiger partial charge < -0.3 is 14.4 Å². The lowest BCUT2D eigenvalue weighted by Crippen LogP contribution is -2.45. The van der Waals surface area contributed by atoms with Crippen molar-refractivity contribution >= 4 is 16.6 Å². The molecule has 5 heteroatoms. The first-order valence-corrected chi connectivity index (χ1v) is 8.18. The van der Waals surface area contributed by atoms with Crippen molar-refractivity contribution in [2.75, 3.05) is 24.6 Å². The number of hydrogen-bond donors (Lipinski definition) is 0. The summed E-state index contributed by atoms with van der Waals surface area (Å²) in [5.41, 5.74) is 2.83. The molecule has 2 aromatic rings. The van der Waals surface area contributed by atoms with Crippen molar-refractivity contribution in [2.24, 2.45) is 0 Å². The second kappa shape index (κ2) is 5.42. The molecular formula is C18H21FN2O2. The number of anilines is 1. The number of ether oxygens (including phenoxy) is 2. The highest BCUT2D eigenvalue weighted by Gasteiger charge is 2.42. The van der Waals surface area contributed by atoms with E-state index in [0.29, 0.717) is 6.61 Å². The van der Waals surface area contributed by atoms with Crippen LogP contribution in [-0.2, 0) is 9.47 Å². The van der Waals surface area contributed by atoms with Crippen LogP contribution in [0.5, 0.6) is 0 Å². The fourth-order valence-electron chi connectivity index (χ4n) is 3.62. The molecule has 23 heavy (non-hydrogen) atoms. The van der Waals surface area contributed by atoms with E-state index in [-0.39, 0.29) is 11.9 Å². The highest BCUT2D eigenvalue weighted by atomic mass is 19.1. The Morgan fingerprint density at radius 2 is 2.04 bits per heavy atom. The van der Waals surface area contributed by atoms with Crippen LogP contribution >= 0.6 is 0 Å².